The van der Waals surface area contributed by atoms with Gasteiger partial charge in [-0.25, -0.2) is 29.9 Å². The maximum absolute atomic E-state index is 5.14. The van der Waals surface area contributed by atoms with E-state index in [-0.39, 0.29) is 0 Å². The predicted molar refractivity (Wildman–Crippen MR) is 520 cm³/mol. The van der Waals surface area contributed by atoms with Crippen molar-refractivity contribution in [2.45, 2.75) is 0 Å². The molecule has 0 aliphatic heterocycles. The zero-order chi connectivity index (χ0) is 81.5. The number of benzene rings is 23. The number of rotatable bonds is 10. The summed E-state index contributed by atoms with van der Waals surface area (Å²) < 4.78 is 0. The van der Waals surface area contributed by atoms with E-state index in [9.17, 15) is 0 Å². The lowest BCUT2D eigenvalue weighted by Crippen LogP contribution is -2.00. The first-order chi connectivity index (χ1) is 61.5. The highest BCUT2D eigenvalue weighted by Crippen LogP contribution is 2.51. The van der Waals surface area contributed by atoms with Crippen molar-refractivity contribution in [3.63, 3.8) is 0 Å². The maximum Gasteiger partial charge on any atom is 0.164 e. The topological polar surface area (TPSA) is 77.3 Å². The van der Waals surface area contributed by atoms with Crippen molar-refractivity contribution in [2.24, 2.45) is 0 Å². The van der Waals surface area contributed by atoms with Crippen molar-refractivity contribution >= 4 is 129 Å². The molecule has 0 N–H and O–H groups in total. The smallest absolute Gasteiger partial charge is 0.164 e. The van der Waals surface area contributed by atoms with Crippen LogP contribution in [0.1, 0.15) is 0 Å². The fourth-order valence-electron chi connectivity index (χ4n) is 20.0. The van der Waals surface area contributed by atoms with Gasteiger partial charge in [-0.1, -0.05) is 413 Å². The van der Waals surface area contributed by atoms with Crippen LogP contribution in [-0.4, -0.2) is 29.9 Å². The monoisotopic (exact) mass is 1570 g/mol. The maximum atomic E-state index is 5.14. The summed E-state index contributed by atoms with van der Waals surface area (Å²) in [5, 5.41) is 30.6. The molecule has 6 nitrogen and oxygen atoms in total. The Balaban J connectivity index is 0.000000136. The van der Waals surface area contributed by atoms with Gasteiger partial charge in [0.2, 0.25) is 0 Å². The number of hydrogen-bond acceptors (Lipinski definition) is 6. The highest BCUT2D eigenvalue weighted by atomic mass is 15.0. The lowest BCUT2D eigenvalue weighted by atomic mass is 9.87. The number of hydrogen-bond donors (Lipinski definition) is 0. The molecule has 0 atom stereocenters. The summed E-state index contributed by atoms with van der Waals surface area (Å²) in [7, 11) is 0. The zero-order valence-electron chi connectivity index (χ0n) is 67.1. The summed E-state index contributed by atoms with van der Waals surface area (Å²) >= 11 is 0. The average molecular weight is 1570 g/mol. The minimum atomic E-state index is 0.636. The second-order valence-electron chi connectivity index (χ2n) is 32.5. The van der Waals surface area contributed by atoms with Crippen molar-refractivity contribution in [2.75, 3.05) is 0 Å². The van der Waals surface area contributed by atoms with Crippen molar-refractivity contribution in [3.8, 4) is 135 Å². The lowest BCUT2D eigenvalue weighted by molar-refractivity contribution is 1.07. The van der Waals surface area contributed by atoms with Crippen LogP contribution in [0.15, 0.2) is 425 Å². The largest absolute Gasteiger partial charge is 0.208 e. The average Bonchev–Trinajstić information content (AvgIpc) is 0.913. The Labute approximate surface area is 714 Å². The van der Waals surface area contributed by atoms with E-state index in [1.54, 1.807) is 0 Å². The van der Waals surface area contributed by atoms with E-state index in [0.717, 1.165) is 55.6 Å². The molecule has 0 radical (unpaired) electrons. The molecule has 0 fully saturated rings. The van der Waals surface area contributed by atoms with Crippen LogP contribution in [0.4, 0.5) is 0 Å². The fourth-order valence-corrected chi connectivity index (χ4v) is 20.0. The normalized spacial score (nSPS) is 11.9. The standard InChI is InChI=1S/2C59H35N3/c1-2-13-38(14-3-1)57-60-58(39-29-25-36(26-30-39)41-33-34-52-45-18-6-5-17-44(45)51-24-12-23-48(41)55(51)52)62-59(61-57)40-31-27-37(28-32-40)53-35-54-46-19-7-4-15-42(46)43-16-8-10-21-49(43)56(54)50-22-11-9-20-47(50)53;1-2-11-41(12-3-1)57-60-58(42-27-21-36(22-28-42)44-33-31-40-26-25-38-13-10-14-39-32-34-51(44)55(40)54(38)39)62-59(61-57)43-29-23-37(24-30-43)52-35-53-47-17-5-4-15-45(47)46-16-6-8-19-49(46)56(53)50-20-9-7-18-48(50)52/h2*1-35H. The Kier molecular flexibility index (Phi) is 16.3. The summed E-state index contributed by atoms with van der Waals surface area (Å²) in [5.41, 5.74) is 20.3. The van der Waals surface area contributed by atoms with Crippen LogP contribution in [0.25, 0.3) is 264 Å². The molecule has 0 bridgehead atoms. The fraction of sp³-hybridized carbons (Fsp3) is 0. The highest BCUT2D eigenvalue weighted by Gasteiger charge is 2.25. The molecule has 26 rings (SSSR count). The first-order valence-electron chi connectivity index (χ1n) is 42.4. The van der Waals surface area contributed by atoms with Crippen molar-refractivity contribution in [1.82, 2.24) is 29.9 Å². The molecule has 0 spiro atoms. The second kappa shape index (κ2) is 28.6. The molecule has 0 saturated carbocycles. The summed E-state index contributed by atoms with van der Waals surface area (Å²) in [6.07, 6.45) is 0. The van der Waals surface area contributed by atoms with Crippen molar-refractivity contribution in [3.05, 3.63) is 425 Å². The Morgan fingerprint density at radius 3 is 0.750 bits per heavy atom. The van der Waals surface area contributed by atoms with E-state index in [0.29, 0.717) is 34.9 Å². The van der Waals surface area contributed by atoms with Crippen LogP contribution in [0.2, 0.25) is 0 Å². The first kappa shape index (κ1) is 70.5. The van der Waals surface area contributed by atoms with E-state index >= 15 is 0 Å². The van der Waals surface area contributed by atoms with Crippen LogP contribution >= 0.6 is 0 Å². The van der Waals surface area contributed by atoms with Crippen LogP contribution in [0.5, 0.6) is 0 Å². The molecule has 2 heterocycles. The van der Waals surface area contributed by atoms with Gasteiger partial charge in [0, 0.05) is 33.4 Å². The van der Waals surface area contributed by atoms with Gasteiger partial charge in [-0.05, 0) is 208 Å². The van der Waals surface area contributed by atoms with E-state index in [4.69, 9.17) is 29.9 Å². The van der Waals surface area contributed by atoms with Gasteiger partial charge in [-0.3, -0.25) is 0 Å². The highest BCUT2D eigenvalue weighted by molar-refractivity contribution is 6.35. The van der Waals surface area contributed by atoms with E-state index in [1.165, 1.54) is 174 Å². The van der Waals surface area contributed by atoms with E-state index in [1.807, 2.05) is 36.4 Å². The third kappa shape index (κ3) is 11.5. The molecule has 0 saturated heterocycles. The van der Waals surface area contributed by atoms with E-state index in [2.05, 4.69) is 388 Å². The number of aromatic nitrogens is 6. The van der Waals surface area contributed by atoms with Crippen LogP contribution in [-0.2, 0) is 0 Å². The molecular formula is C118H70N6. The third-order valence-electron chi connectivity index (χ3n) is 25.7. The third-order valence-corrected chi connectivity index (χ3v) is 25.7. The molecule has 572 valence electrons. The quantitative estimate of drug-likeness (QED) is 0.127. The predicted octanol–water partition coefficient (Wildman–Crippen LogP) is 31.3. The summed E-state index contributed by atoms with van der Waals surface area (Å²) in [6.45, 7) is 0. The summed E-state index contributed by atoms with van der Waals surface area (Å²) in [5.74, 6) is 3.84. The van der Waals surface area contributed by atoms with Crippen LogP contribution in [0.3, 0.4) is 0 Å². The van der Waals surface area contributed by atoms with Crippen LogP contribution < -0.4 is 0 Å². The van der Waals surface area contributed by atoms with Crippen LogP contribution in [0, 0.1) is 0 Å². The zero-order valence-corrected chi connectivity index (χ0v) is 67.1. The van der Waals surface area contributed by atoms with Crippen molar-refractivity contribution < 1.29 is 0 Å². The Morgan fingerprint density at radius 2 is 0.347 bits per heavy atom. The van der Waals surface area contributed by atoms with Gasteiger partial charge < -0.3 is 0 Å². The molecule has 6 heteroatoms. The summed E-state index contributed by atoms with van der Waals surface area (Å²) in [6, 6.07) is 153. The van der Waals surface area contributed by atoms with Gasteiger partial charge in [0.1, 0.15) is 0 Å². The Morgan fingerprint density at radius 1 is 0.105 bits per heavy atom. The molecule has 1 aliphatic rings. The van der Waals surface area contributed by atoms with Gasteiger partial charge in [-0.2, -0.15) is 0 Å². The van der Waals surface area contributed by atoms with E-state index < -0.39 is 0 Å². The molecule has 1 aliphatic carbocycles. The molecular weight excluding hydrogens is 1500 g/mol. The van der Waals surface area contributed by atoms with Gasteiger partial charge in [0.25, 0.3) is 0 Å². The number of nitrogens with zero attached hydrogens (tertiary/aromatic N) is 6. The SMILES string of the molecule is c1ccc(-c2nc(-c3ccc(-c4cc5c6ccccc6c6ccccc6c5c5ccccc45)cc3)nc(-c3ccc(-c4ccc5ccc6cccc7ccc4c5c67)cc3)n2)cc1.c1ccc(-c2nc(-c3ccc(-c4ccc5c6c(cccc46)-c4ccccc4-5)cc3)nc(-c3ccc(-c4cc5c6ccccc6c6ccccc6c5c5ccccc45)cc3)n2)cc1. The molecule has 23 aromatic carbocycles. The Bertz CT molecular complexity index is 8640. The van der Waals surface area contributed by atoms with Gasteiger partial charge in [-0.15, -0.1) is 0 Å². The van der Waals surface area contributed by atoms with Gasteiger partial charge in [0.15, 0.2) is 34.9 Å². The second-order valence-corrected chi connectivity index (χ2v) is 32.5. The lowest BCUT2D eigenvalue weighted by Gasteiger charge is -2.16. The van der Waals surface area contributed by atoms with Gasteiger partial charge in [0.05, 0.1) is 0 Å². The molecule has 25 aromatic rings. The summed E-state index contributed by atoms with van der Waals surface area (Å²) in [4.78, 5) is 30.5. The molecule has 2 aromatic heterocycles. The molecule has 124 heavy (non-hydrogen) atoms. The number of fused-ring (bicyclic) bond motifs is 19. The first-order valence-corrected chi connectivity index (χ1v) is 42.4. The molecule has 0 unspecified atom stereocenters. The molecule has 0 amide bonds. The van der Waals surface area contributed by atoms with Gasteiger partial charge >= 0.3 is 0 Å². The minimum Gasteiger partial charge on any atom is -0.208 e. The minimum absolute atomic E-state index is 0.636. The van der Waals surface area contributed by atoms with Crippen molar-refractivity contribution in [1.29, 1.82) is 0 Å². The Hall–Kier alpha value is -16.5.